The second-order valence-electron chi connectivity index (χ2n) is 6.47. The van der Waals surface area contributed by atoms with E-state index in [1.807, 2.05) is 38.1 Å². The zero-order valence-corrected chi connectivity index (χ0v) is 12.9. The van der Waals surface area contributed by atoms with E-state index >= 15 is 0 Å². The minimum Gasteiger partial charge on any atom is -0.490 e. The highest BCUT2D eigenvalue weighted by atomic mass is 16.5. The van der Waals surface area contributed by atoms with Gasteiger partial charge in [-0.1, -0.05) is 0 Å². The highest BCUT2D eigenvalue weighted by Crippen LogP contribution is 2.28. The molecule has 114 valence electrons. The summed E-state index contributed by atoms with van der Waals surface area (Å²) in [6.07, 6.45) is 2.69. The van der Waals surface area contributed by atoms with Crippen LogP contribution >= 0.6 is 0 Å². The number of ketones is 1. The fraction of sp³-hybridized carbons (Fsp3) is 0.588. The van der Waals surface area contributed by atoms with E-state index in [2.05, 4.69) is 10.2 Å². The van der Waals surface area contributed by atoms with Crippen LogP contribution in [0.15, 0.2) is 24.3 Å². The molecule has 4 heteroatoms. The van der Waals surface area contributed by atoms with Crippen molar-refractivity contribution in [3.05, 3.63) is 29.8 Å². The SMILES string of the molecule is CC(C)(C(=O)c1ccc(OC2CC2)cc1)N1CCNCC1. The van der Waals surface area contributed by atoms with Crippen LogP contribution in [0, 0.1) is 0 Å². The Morgan fingerprint density at radius 2 is 1.81 bits per heavy atom. The lowest BCUT2D eigenvalue weighted by atomic mass is 9.90. The van der Waals surface area contributed by atoms with Crippen molar-refractivity contribution in [3.8, 4) is 5.75 Å². The van der Waals surface area contributed by atoms with Crippen molar-refractivity contribution in [3.63, 3.8) is 0 Å². The molecule has 0 unspecified atom stereocenters. The van der Waals surface area contributed by atoms with Crippen LogP contribution in [0.1, 0.15) is 37.0 Å². The van der Waals surface area contributed by atoms with Gasteiger partial charge in [0.05, 0.1) is 11.6 Å². The summed E-state index contributed by atoms with van der Waals surface area (Å²) in [5.41, 5.74) is 0.308. The Kier molecular flexibility index (Phi) is 4.00. The molecular weight excluding hydrogens is 264 g/mol. The maximum Gasteiger partial charge on any atom is 0.182 e. The van der Waals surface area contributed by atoms with Crippen LogP contribution in [-0.2, 0) is 0 Å². The van der Waals surface area contributed by atoms with E-state index in [-0.39, 0.29) is 5.78 Å². The number of rotatable bonds is 5. The molecule has 1 saturated heterocycles. The predicted octanol–water partition coefficient (Wildman–Crippen LogP) is 2.09. The normalized spacial score (nSPS) is 20.3. The topological polar surface area (TPSA) is 41.6 Å². The average molecular weight is 288 g/mol. The van der Waals surface area contributed by atoms with Crippen LogP contribution in [0.2, 0.25) is 0 Å². The average Bonchev–Trinajstić information content (AvgIpc) is 3.32. The number of nitrogens with zero attached hydrogens (tertiary/aromatic N) is 1. The highest BCUT2D eigenvalue weighted by molar-refractivity contribution is 6.02. The van der Waals surface area contributed by atoms with Crippen LogP contribution in [0.3, 0.4) is 0 Å². The Balaban J connectivity index is 1.70. The monoisotopic (exact) mass is 288 g/mol. The Morgan fingerprint density at radius 1 is 1.19 bits per heavy atom. The van der Waals surface area contributed by atoms with Gasteiger partial charge in [0, 0.05) is 31.7 Å². The van der Waals surface area contributed by atoms with Crippen LogP contribution in [0.25, 0.3) is 0 Å². The Hall–Kier alpha value is -1.39. The zero-order chi connectivity index (χ0) is 14.9. The summed E-state index contributed by atoms with van der Waals surface area (Å²) in [5.74, 6) is 1.05. The van der Waals surface area contributed by atoms with Crippen molar-refractivity contribution in [1.82, 2.24) is 10.2 Å². The van der Waals surface area contributed by atoms with Crippen molar-refractivity contribution < 1.29 is 9.53 Å². The van der Waals surface area contributed by atoms with Gasteiger partial charge in [-0.2, -0.15) is 0 Å². The number of nitrogens with one attached hydrogen (secondary N) is 1. The van der Waals surface area contributed by atoms with Crippen molar-refractivity contribution in [2.45, 2.75) is 38.3 Å². The van der Waals surface area contributed by atoms with Crippen molar-refractivity contribution >= 4 is 5.78 Å². The lowest BCUT2D eigenvalue weighted by Gasteiger charge is -2.40. The van der Waals surface area contributed by atoms with Gasteiger partial charge in [-0.25, -0.2) is 0 Å². The largest absolute Gasteiger partial charge is 0.490 e. The van der Waals surface area contributed by atoms with E-state index in [4.69, 9.17) is 4.74 Å². The molecule has 0 bridgehead atoms. The summed E-state index contributed by atoms with van der Waals surface area (Å²) in [6, 6.07) is 7.62. The zero-order valence-electron chi connectivity index (χ0n) is 12.9. The molecule has 4 nitrogen and oxygen atoms in total. The molecule has 3 rings (SSSR count). The minimum absolute atomic E-state index is 0.183. The Labute approximate surface area is 126 Å². The molecule has 0 spiro atoms. The third kappa shape index (κ3) is 3.27. The first-order valence-electron chi connectivity index (χ1n) is 7.84. The van der Waals surface area contributed by atoms with Gasteiger partial charge >= 0.3 is 0 Å². The Morgan fingerprint density at radius 3 is 2.38 bits per heavy atom. The number of benzene rings is 1. The lowest BCUT2D eigenvalue weighted by molar-refractivity contribution is 0.0602. The van der Waals surface area contributed by atoms with Crippen LogP contribution < -0.4 is 10.1 Å². The smallest absolute Gasteiger partial charge is 0.182 e. The van der Waals surface area contributed by atoms with Crippen molar-refractivity contribution in [2.24, 2.45) is 0 Å². The summed E-state index contributed by atoms with van der Waals surface area (Å²) < 4.78 is 5.73. The number of piperazine rings is 1. The number of Topliss-reactive ketones (excluding diaryl/α,β-unsaturated/α-hetero) is 1. The molecule has 21 heavy (non-hydrogen) atoms. The van der Waals surface area contributed by atoms with Gasteiger partial charge in [0.2, 0.25) is 0 Å². The molecule has 1 aliphatic heterocycles. The molecule has 0 amide bonds. The van der Waals surface area contributed by atoms with E-state index in [1.54, 1.807) is 0 Å². The first kappa shape index (κ1) is 14.5. The van der Waals surface area contributed by atoms with Gasteiger partial charge in [0.25, 0.3) is 0 Å². The number of carbonyl (C=O) groups is 1. The van der Waals surface area contributed by atoms with Crippen LogP contribution in [0.5, 0.6) is 5.75 Å². The van der Waals surface area contributed by atoms with Gasteiger partial charge in [-0.3, -0.25) is 9.69 Å². The van der Waals surface area contributed by atoms with Gasteiger partial charge in [-0.05, 0) is 51.0 Å². The first-order valence-corrected chi connectivity index (χ1v) is 7.84. The molecular formula is C17H24N2O2. The fourth-order valence-corrected chi connectivity index (χ4v) is 2.78. The molecule has 1 aliphatic carbocycles. The molecule has 1 aromatic rings. The number of hydrogen-bond donors (Lipinski definition) is 1. The molecule has 1 aromatic carbocycles. The molecule has 0 aromatic heterocycles. The molecule has 1 saturated carbocycles. The second-order valence-corrected chi connectivity index (χ2v) is 6.47. The maximum absolute atomic E-state index is 12.8. The highest BCUT2D eigenvalue weighted by Gasteiger charge is 2.35. The summed E-state index contributed by atoms with van der Waals surface area (Å²) in [5, 5.41) is 3.33. The van der Waals surface area contributed by atoms with E-state index in [9.17, 15) is 4.79 Å². The Bertz CT molecular complexity index is 500. The van der Waals surface area contributed by atoms with E-state index < -0.39 is 5.54 Å². The molecule has 2 fully saturated rings. The van der Waals surface area contributed by atoms with E-state index in [0.29, 0.717) is 6.10 Å². The number of ether oxygens (including phenoxy) is 1. The molecule has 1 N–H and O–H groups in total. The first-order chi connectivity index (χ1) is 10.1. The van der Waals surface area contributed by atoms with Gasteiger partial charge < -0.3 is 10.1 Å². The van der Waals surface area contributed by atoms with E-state index in [0.717, 1.165) is 50.3 Å². The van der Waals surface area contributed by atoms with Gasteiger partial charge in [0.1, 0.15) is 5.75 Å². The minimum atomic E-state index is -0.457. The van der Waals surface area contributed by atoms with Crippen LogP contribution in [0.4, 0.5) is 0 Å². The maximum atomic E-state index is 12.8. The van der Waals surface area contributed by atoms with Crippen molar-refractivity contribution in [2.75, 3.05) is 26.2 Å². The molecule has 2 aliphatic rings. The van der Waals surface area contributed by atoms with Crippen LogP contribution in [-0.4, -0.2) is 48.5 Å². The van der Waals surface area contributed by atoms with Crippen molar-refractivity contribution in [1.29, 1.82) is 0 Å². The second kappa shape index (κ2) is 5.78. The summed E-state index contributed by atoms with van der Waals surface area (Å²) in [6.45, 7) is 7.78. The standard InChI is InChI=1S/C17H24N2O2/c1-17(2,19-11-9-18-10-12-19)16(20)13-3-5-14(6-4-13)21-15-7-8-15/h3-6,15,18H,7-12H2,1-2H3. The summed E-state index contributed by atoms with van der Waals surface area (Å²) >= 11 is 0. The molecule has 0 atom stereocenters. The predicted molar refractivity (Wildman–Crippen MR) is 82.9 cm³/mol. The summed E-state index contributed by atoms with van der Waals surface area (Å²) in [4.78, 5) is 15.1. The molecule has 0 radical (unpaired) electrons. The van der Waals surface area contributed by atoms with E-state index in [1.165, 1.54) is 0 Å². The number of carbonyl (C=O) groups excluding carboxylic acids is 1. The third-order valence-electron chi connectivity index (χ3n) is 4.41. The third-order valence-corrected chi connectivity index (χ3v) is 4.41. The fourth-order valence-electron chi connectivity index (χ4n) is 2.78. The number of hydrogen-bond acceptors (Lipinski definition) is 4. The summed E-state index contributed by atoms with van der Waals surface area (Å²) in [7, 11) is 0. The molecule has 1 heterocycles. The van der Waals surface area contributed by atoms with Gasteiger partial charge in [0.15, 0.2) is 5.78 Å². The van der Waals surface area contributed by atoms with Gasteiger partial charge in [-0.15, -0.1) is 0 Å². The lowest BCUT2D eigenvalue weighted by Crippen LogP contribution is -2.57. The quantitative estimate of drug-likeness (QED) is 0.843.